The second-order valence-electron chi connectivity index (χ2n) is 11.2. The average molecular weight is 716 g/mol. The number of anilines is 1. The summed E-state index contributed by atoms with van der Waals surface area (Å²) in [4.78, 5) is 43.6. The summed E-state index contributed by atoms with van der Waals surface area (Å²) in [5, 5.41) is 15.6. The number of nitrogens with one attached hydrogen (secondary N) is 5. The maximum atomic E-state index is 14.1. The number of hydrogen-bond acceptors (Lipinski definition) is 4. The second-order valence-corrected chi connectivity index (χ2v) is 12.0. The van der Waals surface area contributed by atoms with E-state index in [1.807, 2.05) is 22.9 Å². The Balaban J connectivity index is 1.52. The SMILES string of the molecule is CCNC(=O)[C@H](CCCNC(N)=NC)NC(=O)[C@H](Cc1ccc(F)c(F)c1)NC(=O)Nc1ccc2ccn(Cc3c(Cl)cccc3Cl)c2c1. The van der Waals surface area contributed by atoms with Crippen molar-refractivity contribution in [2.45, 2.75) is 44.8 Å². The van der Waals surface area contributed by atoms with Crippen molar-refractivity contribution in [3.05, 3.63) is 99.7 Å². The molecule has 2 atom stereocenters. The molecule has 260 valence electrons. The van der Waals surface area contributed by atoms with E-state index in [9.17, 15) is 23.2 Å². The summed E-state index contributed by atoms with van der Waals surface area (Å²) in [5.74, 6) is -3.03. The standard InChI is InChI=1S/C34H38Cl2F2N8O3/c1-3-41-31(47)28(8-5-14-42-33(39)40-2)44-32(48)29(17-20-9-12-26(37)27(38)16-20)45-34(49)43-22-11-10-21-13-15-46(30(21)18-22)19-23-24(35)6-4-7-25(23)36/h4,6-7,9-13,15-16,18,28-29H,3,5,8,14,17,19H2,1-2H3,(H,41,47)(H,44,48)(H3,39,40,42)(H2,43,45,49)/t28-,29-/m0/s1. The number of urea groups is 1. The van der Waals surface area contributed by atoms with Crippen LogP contribution >= 0.6 is 23.2 Å². The van der Waals surface area contributed by atoms with Crippen LogP contribution < -0.4 is 32.3 Å². The summed E-state index contributed by atoms with van der Waals surface area (Å²) in [6, 6.07) is 12.7. The van der Waals surface area contributed by atoms with E-state index in [-0.39, 0.29) is 24.4 Å². The van der Waals surface area contributed by atoms with E-state index in [2.05, 4.69) is 31.6 Å². The maximum Gasteiger partial charge on any atom is 0.319 e. The number of hydrogen-bond donors (Lipinski definition) is 6. The summed E-state index contributed by atoms with van der Waals surface area (Å²) >= 11 is 12.8. The predicted molar refractivity (Wildman–Crippen MR) is 189 cm³/mol. The van der Waals surface area contributed by atoms with Gasteiger partial charge in [-0.05, 0) is 73.2 Å². The molecule has 0 aliphatic rings. The first kappa shape index (κ1) is 36.9. The van der Waals surface area contributed by atoms with Crippen LogP contribution in [0.5, 0.6) is 0 Å². The van der Waals surface area contributed by atoms with Crippen LogP contribution in [0.25, 0.3) is 10.9 Å². The number of amides is 4. The van der Waals surface area contributed by atoms with Gasteiger partial charge in [-0.25, -0.2) is 13.6 Å². The number of aromatic nitrogens is 1. The fraction of sp³-hybridized carbons (Fsp3) is 0.294. The van der Waals surface area contributed by atoms with Crippen LogP contribution in [0.2, 0.25) is 10.0 Å². The summed E-state index contributed by atoms with van der Waals surface area (Å²) < 4.78 is 29.7. The van der Waals surface area contributed by atoms with E-state index in [1.54, 1.807) is 37.3 Å². The third-order valence-corrected chi connectivity index (χ3v) is 8.38. The molecule has 11 nitrogen and oxygen atoms in total. The van der Waals surface area contributed by atoms with Crippen LogP contribution in [-0.4, -0.2) is 60.6 Å². The van der Waals surface area contributed by atoms with E-state index >= 15 is 0 Å². The van der Waals surface area contributed by atoms with Crippen LogP contribution in [0.1, 0.15) is 30.9 Å². The first-order chi connectivity index (χ1) is 23.5. The number of carbonyl (C=O) groups excluding carboxylic acids is 3. The van der Waals surface area contributed by atoms with Crippen molar-refractivity contribution in [2.24, 2.45) is 10.7 Å². The third kappa shape index (κ3) is 10.3. The number of likely N-dealkylation sites (N-methyl/N-ethyl adjacent to an activating group) is 1. The number of fused-ring (bicyclic) bond motifs is 1. The molecule has 0 spiro atoms. The molecule has 4 amide bonds. The second kappa shape index (κ2) is 17.5. The van der Waals surface area contributed by atoms with Gasteiger partial charge in [0.05, 0.1) is 12.1 Å². The van der Waals surface area contributed by atoms with Gasteiger partial charge in [-0.3, -0.25) is 14.6 Å². The van der Waals surface area contributed by atoms with Gasteiger partial charge >= 0.3 is 6.03 Å². The van der Waals surface area contributed by atoms with E-state index in [1.165, 1.54) is 13.1 Å². The maximum absolute atomic E-state index is 14.1. The number of guanidine groups is 1. The summed E-state index contributed by atoms with van der Waals surface area (Å²) in [5.41, 5.74) is 7.87. The van der Waals surface area contributed by atoms with E-state index in [4.69, 9.17) is 28.9 Å². The molecule has 1 heterocycles. The Morgan fingerprint density at radius 1 is 0.918 bits per heavy atom. The minimum Gasteiger partial charge on any atom is -0.370 e. The number of carbonyl (C=O) groups is 3. The van der Waals surface area contributed by atoms with Crippen LogP contribution in [0, 0.1) is 11.6 Å². The van der Waals surface area contributed by atoms with Gasteiger partial charge in [-0.2, -0.15) is 0 Å². The van der Waals surface area contributed by atoms with Crippen molar-refractivity contribution in [3.8, 4) is 0 Å². The molecule has 3 aromatic carbocycles. The van der Waals surface area contributed by atoms with E-state index in [0.29, 0.717) is 41.8 Å². The van der Waals surface area contributed by atoms with Gasteiger partial charge in [0.2, 0.25) is 11.8 Å². The molecule has 49 heavy (non-hydrogen) atoms. The van der Waals surface area contributed by atoms with E-state index in [0.717, 1.165) is 28.6 Å². The molecule has 4 rings (SSSR count). The Hall–Kier alpha value is -4.88. The highest BCUT2D eigenvalue weighted by atomic mass is 35.5. The number of benzene rings is 3. The number of nitrogens with zero attached hydrogens (tertiary/aromatic N) is 2. The lowest BCUT2D eigenvalue weighted by Gasteiger charge is -2.23. The zero-order valence-electron chi connectivity index (χ0n) is 27.0. The van der Waals surface area contributed by atoms with Gasteiger partial charge in [-0.15, -0.1) is 0 Å². The van der Waals surface area contributed by atoms with Crippen LogP contribution in [0.15, 0.2) is 71.9 Å². The third-order valence-electron chi connectivity index (χ3n) is 7.67. The highest BCUT2D eigenvalue weighted by Crippen LogP contribution is 2.28. The first-order valence-corrected chi connectivity index (χ1v) is 16.3. The highest BCUT2D eigenvalue weighted by Gasteiger charge is 2.27. The number of nitrogens with two attached hydrogens (primary N) is 1. The lowest BCUT2D eigenvalue weighted by molar-refractivity contribution is -0.130. The number of halogens is 4. The molecule has 0 saturated carbocycles. The van der Waals surface area contributed by atoms with Crippen molar-refractivity contribution in [3.63, 3.8) is 0 Å². The molecule has 1 aromatic heterocycles. The van der Waals surface area contributed by atoms with Gasteiger partial charge in [0.1, 0.15) is 12.1 Å². The zero-order valence-corrected chi connectivity index (χ0v) is 28.5. The van der Waals surface area contributed by atoms with Crippen molar-refractivity contribution in [1.82, 2.24) is 25.8 Å². The van der Waals surface area contributed by atoms with Crippen LogP contribution in [0.3, 0.4) is 0 Å². The molecule has 0 bridgehead atoms. The summed E-state index contributed by atoms with van der Waals surface area (Å²) in [6.07, 6.45) is 2.38. The minimum absolute atomic E-state index is 0.190. The van der Waals surface area contributed by atoms with Crippen LogP contribution in [0.4, 0.5) is 19.3 Å². The number of rotatable bonds is 14. The lowest BCUT2D eigenvalue weighted by Crippen LogP contribution is -2.55. The zero-order chi connectivity index (χ0) is 35.5. The fourth-order valence-corrected chi connectivity index (χ4v) is 5.65. The Labute approximate surface area is 292 Å². The van der Waals surface area contributed by atoms with Crippen molar-refractivity contribution < 1.29 is 23.2 Å². The molecule has 0 saturated heterocycles. The van der Waals surface area contributed by atoms with E-state index < -0.39 is 41.6 Å². The summed E-state index contributed by atoms with van der Waals surface area (Å²) in [6.45, 7) is 2.86. The normalized spacial score (nSPS) is 12.7. The molecule has 0 fully saturated rings. The van der Waals surface area contributed by atoms with Crippen molar-refractivity contribution in [1.29, 1.82) is 0 Å². The molecule has 0 aliphatic heterocycles. The van der Waals surface area contributed by atoms with Gasteiger partial charge in [0, 0.05) is 54.1 Å². The first-order valence-electron chi connectivity index (χ1n) is 15.6. The highest BCUT2D eigenvalue weighted by molar-refractivity contribution is 6.36. The van der Waals surface area contributed by atoms with Gasteiger partial charge in [0.25, 0.3) is 0 Å². The average Bonchev–Trinajstić information content (AvgIpc) is 3.47. The van der Waals surface area contributed by atoms with Crippen molar-refractivity contribution in [2.75, 3.05) is 25.5 Å². The molecule has 0 aliphatic carbocycles. The number of aliphatic imine (C=N–C) groups is 1. The molecule has 0 radical (unpaired) electrons. The Morgan fingerprint density at radius 2 is 1.67 bits per heavy atom. The quantitative estimate of drug-likeness (QED) is 0.0620. The predicted octanol–water partition coefficient (Wildman–Crippen LogP) is 4.94. The fourth-order valence-electron chi connectivity index (χ4n) is 5.13. The van der Waals surface area contributed by atoms with Crippen molar-refractivity contribution >= 4 is 63.6 Å². The monoisotopic (exact) mass is 714 g/mol. The van der Waals surface area contributed by atoms with Gasteiger partial charge < -0.3 is 36.9 Å². The molecule has 0 unspecified atom stereocenters. The Bertz CT molecular complexity index is 1810. The molecule has 15 heteroatoms. The minimum atomic E-state index is -1.27. The lowest BCUT2D eigenvalue weighted by atomic mass is 10.0. The van der Waals surface area contributed by atoms with Gasteiger partial charge in [-0.1, -0.05) is 41.4 Å². The Kier molecular flexibility index (Phi) is 13.2. The smallest absolute Gasteiger partial charge is 0.319 e. The molecular formula is C34H38Cl2F2N8O3. The van der Waals surface area contributed by atoms with Crippen LogP contribution in [-0.2, 0) is 22.6 Å². The molecule has 4 aromatic rings. The van der Waals surface area contributed by atoms with Gasteiger partial charge in [0.15, 0.2) is 17.6 Å². The topological polar surface area (TPSA) is 155 Å². The summed E-state index contributed by atoms with van der Waals surface area (Å²) in [7, 11) is 1.53. The molecular weight excluding hydrogens is 677 g/mol. The molecule has 7 N–H and O–H groups in total. The largest absolute Gasteiger partial charge is 0.370 e. The Morgan fingerprint density at radius 3 is 2.37 bits per heavy atom.